The summed E-state index contributed by atoms with van der Waals surface area (Å²) in [5.41, 5.74) is 3.85. The third-order valence-corrected chi connectivity index (χ3v) is 4.64. The summed E-state index contributed by atoms with van der Waals surface area (Å²) >= 11 is 0. The first-order chi connectivity index (χ1) is 13.8. The van der Waals surface area contributed by atoms with Crippen molar-refractivity contribution >= 4 is 28.5 Å². The molecule has 1 aromatic carbocycles. The van der Waals surface area contributed by atoms with E-state index in [0.717, 1.165) is 28.0 Å². The Morgan fingerprint density at radius 1 is 1.10 bits per heavy atom. The Balaban J connectivity index is 1.84. The van der Waals surface area contributed by atoms with Gasteiger partial charge >= 0.3 is 0 Å². The minimum absolute atomic E-state index is 0.115. The molecule has 3 rings (SSSR count). The van der Waals surface area contributed by atoms with Crippen molar-refractivity contribution in [1.82, 2.24) is 20.1 Å². The average molecular weight is 393 g/mol. The van der Waals surface area contributed by atoms with Gasteiger partial charge in [0, 0.05) is 30.9 Å². The van der Waals surface area contributed by atoms with Crippen LogP contribution in [0.4, 0.5) is 5.69 Å². The minimum Gasteiger partial charge on any atom is -0.348 e. The molecular weight excluding hydrogens is 366 g/mol. The van der Waals surface area contributed by atoms with Crippen LogP contribution in [0.25, 0.3) is 11.0 Å². The zero-order valence-corrected chi connectivity index (χ0v) is 17.5. The molecule has 0 fully saturated rings. The fourth-order valence-electron chi connectivity index (χ4n) is 3.09. The van der Waals surface area contributed by atoms with E-state index in [4.69, 9.17) is 4.98 Å². The monoisotopic (exact) mass is 393 g/mol. The molecule has 3 aromatic rings. The molecule has 2 amide bonds. The number of aromatic nitrogens is 3. The molecular formula is C22H27N5O2. The van der Waals surface area contributed by atoms with E-state index in [-0.39, 0.29) is 23.8 Å². The highest BCUT2D eigenvalue weighted by atomic mass is 16.2. The van der Waals surface area contributed by atoms with Gasteiger partial charge in [-0.05, 0) is 43.5 Å². The molecule has 0 atom stereocenters. The Bertz CT molecular complexity index is 1040. The number of amides is 2. The molecule has 0 saturated heterocycles. The van der Waals surface area contributed by atoms with Crippen molar-refractivity contribution in [3.8, 4) is 0 Å². The SMILES string of the molecule is CC(=O)Nc1ccc(CNC(=O)c2cc(C(C)C)nc3c2cnn3C(C)C)cc1. The molecule has 2 heterocycles. The number of nitrogens with one attached hydrogen (secondary N) is 2. The molecule has 0 unspecified atom stereocenters. The lowest BCUT2D eigenvalue weighted by molar-refractivity contribution is -0.114. The molecule has 0 saturated carbocycles. The average Bonchev–Trinajstić information content (AvgIpc) is 3.10. The van der Waals surface area contributed by atoms with E-state index in [1.165, 1.54) is 6.92 Å². The largest absolute Gasteiger partial charge is 0.348 e. The van der Waals surface area contributed by atoms with Crippen LogP contribution in [0, 0.1) is 0 Å². The van der Waals surface area contributed by atoms with Gasteiger partial charge in [0.2, 0.25) is 5.91 Å². The van der Waals surface area contributed by atoms with Crippen molar-refractivity contribution < 1.29 is 9.59 Å². The van der Waals surface area contributed by atoms with Crippen LogP contribution in [0.3, 0.4) is 0 Å². The molecule has 7 nitrogen and oxygen atoms in total. The lowest BCUT2D eigenvalue weighted by Gasteiger charge is -2.12. The number of carbonyl (C=O) groups excluding carboxylic acids is 2. The van der Waals surface area contributed by atoms with Gasteiger partial charge in [-0.15, -0.1) is 0 Å². The lowest BCUT2D eigenvalue weighted by Crippen LogP contribution is -2.23. The van der Waals surface area contributed by atoms with E-state index in [9.17, 15) is 9.59 Å². The first-order valence-electron chi connectivity index (χ1n) is 9.79. The Labute approximate surface area is 170 Å². The number of hydrogen-bond acceptors (Lipinski definition) is 4. The second-order valence-electron chi connectivity index (χ2n) is 7.73. The predicted molar refractivity (Wildman–Crippen MR) is 114 cm³/mol. The highest BCUT2D eigenvalue weighted by Gasteiger charge is 2.18. The van der Waals surface area contributed by atoms with Gasteiger partial charge in [0.1, 0.15) is 0 Å². The number of nitrogens with zero attached hydrogens (tertiary/aromatic N) is 3. The maximum atomic E-state index is 13.0. The molecule has 2 N–H and O–H groups in total. The maximum Gasteiger partial charge on any atom is 0.252 e. The van der Waals surface area contributed by atoms with Gasteiger partial charge < -0.3 is 10.6 Å². The summed E-state index contributed by atoms with van der Waals surface area (Å²) in [6, 6.07) is 9.40. The number of carbonyl (C=O) groups is 2. The van der Waals surface area contributed by atoms with Gasteiger partial charge in [-0.3, -0.25) is 9.59 Å². The molecule has 29 heavy (non-hydrogen) atoms. The van der Waals surface area contributed by atoms with Crippen molar-refractivity contribution in [2.24, 2.45) is 0 Å². The second-order valence-corrected chi connectivity index (χ2v) is 7.73. The molecule has 152 valence electrons. The molecule has 0 radical (unpaired) electrons. The first kappa shape index (κ1) is 20.5. The third kappa shape index (κ3) is 4.62. The van der Waals surface area contributed by atoms with E-state index in [1.54, 1.807) is 6.20 Å². The highest BCUT2D eigenvalue weighted by molar-refractivity contribution is 6.05. The standard InChI is InChI=1S/C22H27N5O2/c1-13(2)20-10-18(19-12-24-27(14(3)4)21(19)26-20)22(29)23-11-16-6-8-17(9-7-16)25-15(5)28/h6-10,12-14H,11H2,1-5H3,(H,23,29)(H,25,28). The van der Waals surface area contributed by atoms with Crippen LogP contribution >= 0.6 is 0 Å². The van der Waals surface area contributed by atoms with Crippen LogP contribution in [0.1, 0.15) is 68.2 Å². The molecule has 0 aliphatic heterocycles. The van der Waals surface area contributed by atoms with E-state index in [2.05, 4.69) is 29.6 Å². The fraction of sp³-hybridized carbons (Fsp3) is 0.364. The predicted octanol–water partition coefficient (Wildman–Crippen LogP) is 4.02. The van der Waals surface area contributed by atoms with Gasteiger partial charge in [0.15, 0.2) is 5.65 Å². The number of benzene rings is 1. The molecule has 0 aliphatic carbocycles. The summed E-state index contributed by atoms with van der Waals surface area (Å²) in [5.74, 6) is -0.0769. The third-order valence-electron chi connectivity index (χ3n) is 4.64. The smallest absolute Gasteiger partial charge is 0.252 e. The minimum atomic E-state index is -0.159. The van der Waals surface area contributed by atoms with Crippen LogP contribution in [0.15, 0.2) is 36.5 Å². The van der Waals surface area contributed by atoms with E-state index in [1.807, 2.05) is 48.9 Å². The quantitative estimate of drug-likeness (QED) is 0.662. The second kappa shape index (κ2) is 8.43. The summed E-state index contributed by atoms with van der Waals surface area (Å²) in [5, 5.41) is 10.9. The Morgan fingerprint density at radius 3 is 2.38 bits per heavy atom. The van der Waals surface area contributed by atoms with Crippen molar-refractivity contribution in [2.45, 2.75) is 53.1 Å². The number of pyridine rings is 1. The topological polar surface area (TPSA) is 88.9 Å². The van der Waals surface area contributed by atoms with Crippen molar-refractivity contribution in [1.29, 1.82) is 0 Å². The zero-order valence-electron chi connectivity index (χ0n) is 17.5. The van der Waals surface area contributed by atoms with Gasteiger partial charge in [0.25, 0.3) is 5.91 Å². The van der Waals surface area contributed by atoms with Gasteiger partial charge in [-0.2, -0.15) is 5.10 Å². The molecule has 0 spiro atoms. The summed E-state index contributed by atoms with van der Waals surface area (Å²) in [4.78, 5) is 28.8. The van der Waals surface area contributed by atoms with Crippen molar-refractivity contribution in [3.63, 3.8) is 0 Å². The lowest BCUT2D eigenvalue weighted by atomic mass is 10.0. The molecule has 0 aliphatic rings. The molecule has 7 heteroatoms. The van der Waals surface area contributed by atoms with E-state index < -0.39 is 0 Å². The number of anilines is 1. The molecule has 2 aromatic heterocycles. The van der Waals surface area contributed by atoms with Gasteiger partial charge in [0.05, 0.1) is 17.1 Å². The first-order valence-corrected chi connectivity index (χ1v) is 9.79. The Hall–Kier alpha value is -3.22. The maximum absolute atomic E-state index is 13.0. The Morgan fingerprint density at radius 2 is 1.79 bits per heavy atom. The van der Waals surface area contributed by atoms with Crippen LogP contribution in [0.2, 0.25) is 0 Å². The van der Waals surface area contributed by atoms with Crippen LogP contribution < -0.4 is 10.6 Å². The fourth-order valence-corrected chi connectivity index (χ4v) is 3.09. The zero-order chi connectivity index (χ0) is 21.1. The van der Waals surface area contributed by atoms with Gasteiger partial charge in [-0.25, -0.2) is 9.67 Å². The summed E-state index contributed by atoms with van der Waals surface area (Å²) in [7, 11) is 0. The van der Waals surface area contributed by atoms with E-state index >= 15 is 0 Å². The van der Waals surface area contributed by atoms with Gasteiger partial charge in [-0.1, -0.05) is 26.0 Å². The summed E-state index contributed by atoms with van der Waals surface area (Å²) in [6.07, 6.45) is 1.71. The molecule has 0 bridgehead atoms. The van der Waals surface area contributed by atoms with Crippen LogP contribution in [-0.2, 0) is 11.3 Å². The van der Waals surface area contributed by atoms with E-state index in [0.29, 0.717) is 12.1 Å². The number of rotatable bonds is 6. The number of fused-ring (bicyclic) bond motifs is 1. The van der Waals surface area contributed by atoms with Crippen molar-refractivity contribution in [2.75, 3.05) is 5.32 Å². The van der Waals surface area contributed by atoms with Crippen LogP contribution in [0.5, 0.6) is 0 Å². The summed E-state index contributed by atoms with van der Waals surface area (Å²) in [6.45, 7) is 10.1. The summed E-state index contributed by atoms with van der Waals surface area (Å²) < 4.78 is 1.85. The van der Waals surface area contributed by atoms with Crippen LogP contribution in [-0.4, -0.2) is 26.6 Å². The normalized spacial score (nSPS) is 11.3. The van der Waals surface area contributed by atoms with Crippen molar-refractivity contribution in [3.05, 3.63) is 53.3 Å². The number of hydrogen-bond donors (Lipinski definition) is 2. The Kier molecular flexibility index (Phi) is 5.96. The highest BCUT2D eigenvalue weighted by Crippen LogP contribution is 2.24.